The van der Waals surface area contributed by atoms with Crippen LogP contribution in [-0.4, -0.2) is 6.54 Å². The van der Waals surface area contributed by atoms with Gasteiger partial charge in [0.15, 0.2) is 0 Å². The molecule has 102 valence electrons. The van der Waals surface area contributed by atoms with Gasteiger partial charge in [-0.25, -0.2) is 0 Å². The first-order valence-corrected chi connectivity index (χ1v) is 8.07. The lowest BCUT2D eigenvalue weighted by molar-refractivity contribution is 0.199. The van der Waals surface area contributed by atoms with Crippen molar-refractivity contribution in [3.8, 4) is 0 Å². The third kappa shape index (κ3) is 2.65. The summed E-state index contributed by atoms with van der Waals surface area (Å²) in [5.74, 6) is 0.783. The highest BCUT2D eigenvalue weighted by Gasteiger charge is 2.40. The quantitative estimate of drug-likeness (QED) is 0.821. The molecule has 1 saturated carbocycles. The third-order valence-electron chi connectivity index (χ3n) is 4.58. The van der Waals surface area contributed by atoms with Crippen molar-refractivity contribution < 1.29 is 0 Å². The minimum Gasteiger partial charge on any atom is -0.310 e. The van der Waals surface area contributed by atoms with Crippen molar-refractivity contribution in [1.82, 2.24) is 5.32 Å². The van der Waals surface area contributed by atoms with E-state index in [0.29, 0.717) is 11.5 Å². The third-order valence-corrected chi connectivity index (χ3v) is 5.56. The van der Waals surface area contributed by atoms with E-state index in [1.807, 2.05) is 11.3 Å². The molecule has 0 radical (unpaired) electrons. The van der Waals surface area contributed by atoms with E-state index < -0.39 is 0 Å². The Labute approximate surface area is 116 Å². The first-order valence-electron chi connectivity index (χ1n) is 7.26. The number of nitrogens with one attached hydrogen (secondary N) is 1. The molecule has 1 aliphatic rings. The highest BCUT2D eigenvalue weighted by atomic mass is 32.1. The predicted molar refractivity (Wildman–Crippen MR) is 81.3 cm³/mol. The molecule has 1 heterocycles. The first kappa shape index (κ1) is 14.1. The molecule has 0 amide bonds. The Balaban J connectivity index is 2.31. The molecule has 2 rings (SSSR count). The van der Waals surface area contributed by atoms with E-state index in [1.54, 1.807) is 5.56 Å². The molecule has 0 spiro atoms. The molecule has 2 atom stereocenters. The molecule has 1 N–H and O–H groups in total. The molecule has 1 fully saturated rings. The average Bonchev–Trinajstić information content (AvgIpc) is 2.78. The zero-order valence-corrected chi connectivity index (χ0v) is 13.3. The van der Waals surface area contributed by atoms with E-state index in [0.717, 1.165) is 12.5 Å². The normalized spacial score (nSPS) is 24.4. The maximum Gasteiger partial charge on any atom is 0.0364 e. The summed E-state index contributed by atoms with van der Waals surface area (Å²) in [6.07, 6.45) is 4.14. The predicted octanol–water partition coefficient (Wildman–Crippen LogP) is 4.84. The van der Waals surface area contributed by atoms with Crippen molar-refractivity contribution in [2.75, 3.05) is 6.54 Å². The van der Waals surface area contributed by atoms with Crippen molar-refractivity contribution in [2.45, 2.75) is 59.9 Å². The summed E-state index contributed by atoms with van der Waals surface area (Å²) in [6, 6.07) is 2.96. The van der Waals surface area contributed by atoms with E-state index in [9.17, 15) is 0 Å². The lowest BCUT2D eigenvalue weighted by atomic mass is 9.75. The van der Waals surface area contributed by atoms with Gasteiger partial charge in [0.25, 0.3) is 0 Å². The largest absolute Gasteiger partial charge is 0.310 e. The van der Waals surface area contributed by atoms with Crippen LogP contribution in [0, 0.1) is 25.2 Å². The fraction of sp³-hybridized carbons (Fsp3) is 0.750. The second-order valence-electron chi connectivity index (χ2n) is 6.39. The van der Waals surface area contributed by atoms with Gasteiger partial charge in [-0.2, -0.15) is 0 Å². The number of thiophene rings is 1. The Hall–Kier alpha value is -0.340. The first-order chi connectivity index (χ1) is 8.45. The van der Waals surface area contributed by atoms with Crippen LogP contribution in [0.2, 0.25) is 0 Å². The number of hydrogen-bond donors (Lipinski definition) is 1. The standard InChI is InChI=1S/C16H27NS/c1-6-17-15(13-10-11(2)18-12(13)3)14-8-7-9-16(14,4)5/h10,14-15,17H,6-9H2,1-5H3. The molecule has 1 aromatic heterocycles. The number of hydrogen-bond acceptors (Lipinski definition) is 2. The van der Waals surface area contributed by atoms with E-state index in [1.165, 1.54) is 29.0 Å². The Morgan fingerprint density at radius 2 is 2.17 bits per heavy atom. The fourth-order valence-electron chi connectivity index (χ4n) is 3.62. The van der Waals surface area contributed by atoms with Crippen LogP contribution in [-0.2, 0) is 0 Å². The highest BCUT2D eigenvalue weighted by Crippen LogP contribution is 2.49. The molecule has 1 aliphatic carbocycles. The van der Waals surface area contributed by atoms with Crippen molar-refractivity contribution in [3.63, 3.8) is 0 Å². The second-order valence-corrected chi connectivity index (χ2v) is 7.85. The van der Waals surface area contributed by atoms with Crippen LogP contribution in [0.3, 0.4) is 0 Å². The van der Waals surface area contributed by atoms with Crippen LogP contribution in [0.1, 0.15) is 61.4 Å². The van der Waals surface area contributed by atoms with Crippen molar-refractivity contribution in [3.05, 3.63) is 21.4 Å². The SMILES string of the molecule is CCNC(c1cc(C)sc1C)C1CCCC1(C)C. The molecule has 0 aliphatic heterocycles. The van der Waals surface area contributed by atoms with Gasteiger partial charge in [0.2, 0.25) is 0 Å². The van der Waals surface area contributed by atoms with Gasteiger partial charge in [0.05, 0.1) is 0 Å². The van der Waals surface area contributed by atoms with Gasteiger partial charge in [0.1, 0.15) is 0 Å². The van der Waals surface area contributed by atoms with Crippen LogP contribution in [0.5, 0.6) is 0 Å². The van der Waals surface area contributed by atoms with Crippen LogP contribution < -0.4 is 5.32 Å². The molecule has 18 heavy (non-hydrogen) atoms. The van der Waals surface area contributed by atoms with Crippen molar-refractivity contribution in [1.29, 1.82) is 0 Å². The summed E-state index contributed by atoms with van der Waals surface area (Å²) < 4.78 is 0. The van der Waals surface area contributed by atoms with Gasteiger partial charge in [-0.1, -0.05) is 27.2 Å². The lowest BCUT2D eigenvalue weighted by Gasteiger charge is -2.35. The van der Waals surface area contributed by atoms with Crippen LogP contribution in [0.25, 0.3) is 0 Å². The molecule has 0 aromatic carbocycles. The summed E-state index contributed by atoms with van der Waals surface area (Å²) in [5, 5.41) is 3.76. The van der Waals surface area contributed by atoms with Crippen molar-refractivity contribution >= 4 is 11.3 Å². The second kappa shape index (κ2) is 5.34. The Bertz CT molecular complexity index is 405. The fourth-order valence-corrected chi connectivity index (χ4v) is 4.59. The van der Waals surface area contributed by atoms with Gasteiger partial charge >= 0.3 is 0 Å². The molecule has 2 heteroatoms. The molecule has 1 nitrogen and oxygen atoms in total. The van der Waals surface area contributed by atoms with Gasteiger partial charge in [0, 0.05) is 15.8 Å². The van der Waals surface area contributed by atoms with Crippen LogP contribution in [0.4, 0.5) is 0 Å². The molecular formula is C16H27NS. The molecule has 0 bridgehead atoms. The van der Waals surface area contributed by atoms with Crippen molar-refractivity contribution in [2.24, 2.45) is 11.3 Å². The van der Waals surface area contributed by atoms with E-state index in [2.05, 4.69) is 46.0 Å². The summed E-state index contributed by atoms with van der Waals surface area (Å²) in [5.41, 5.74) is 2.04. The van der Waals surface area contributed by atoms with Crippen LogP contribution >= 0.6 is 11.3 Å². The maximum absolute atomic E-state index is 3.76. The number of rotatable bonds is 4. The zero-order valence-electron chi connectivity index (χ0n) is 12.5. The summed E-state index contributed by atoms with van der Waals surface area (Å²) >= 11 is 1.94. The molecular weight excluding hydrogens is 238 g/mol. The van der Waals surface area contributed by atoms with Gasteiger partial charge < -0.3 is 5.32 Å². The van der Waals surface area contributed by atoms with Crippen LogP contribution in [0.15, 0.2) is 6.07 Å². The summed E-state index contributed by atoms with van der Waals surface area (Å²) in [4.78, 5) is 2.95. The van der Waals surface area contributed by atoms with Gasteiger partial charge in [-0.3, -0.25) is 0 Å². The van der Waals surface area contributed by atoms with Gasteiger partial charge in [-0.15, -0.1) is 11.3 Å². The summed E-state index contributed by atoms with van der Waals surface area (Å²) in [6.45, 7) is 12.7. The zero-order chi connectivity index (χ0) is 13.3. The smallest absolute Gasteiger partial charge is 0.0364 e. The van der Waals surface area contributed by atoms with E-state index >= 15 is 0 Å². The monoisotopic (exact) mass is 265 g/mol. The molecule has 1 aromatic rings. The number of aryl methyl sites for hydroxylation is 2. The molecule has 0 saturated heterocycles. The van der Waals surface area contributed by atoms with E-state index in [-0.39, 0.29) is 0 Å². The molecule has 2 unspecified atom stereocenters. The maximum atomic E-state index is 3.76. The Morgan fingerprint density at radius 1 is 1.44 bits per heavy atom. The van der Waals surface area contributed by atoms with E-state index in [4.69, 9.17) is 0 Å². The minimum atomic E-state index is 0.481. The summed E-state index contributed by atoms with van der Waals surface area (Å²) in [7, 11) is 0. The minimum absolute atomic E-state index is 0.481. The highest BCUT2D eigenvalue weighted by molar-refractivity contribution is 7.12. The topological polar surface area (TPSA) is 12.0 Å². The van der Waals surface area contributed by atoms with Gasteiger partial charge in [-0.05, 0) is 56.2 Å². The lowest BCUT2D eigenvalue weighted by Crippen LogP contribution is -2.34. The average molecular weight is 265 g/mol. The Morgan fingerprint density at radius 3 is 2.61 bits per heavy atom. The Kier molecular flexibility index (Phi) is 4.18.